The van der Waals surface area contributed by atoms with E-state index in [0.717, 1.165) is 11.3 Å². The van der Waals surface area contributed by atoms with Crippen molar-refractivity contribution in [2.75, 3.05) is 5.32 Å². The molecule has 0 spiro atoms. The predicted octanol–water partition coefficient (Wildman–Crippen LogP) is 4.28. The number of thiazole rings is 1. The van der Waals surface area contributed by atoms with E-state index in [1.807, 2.05) is 20.8 Å². The Morgan fingerprint density at radius 2 is 1.88 bits per heavy atom. The van der Waals surface area contributed by atoms with Gasteiger partial charge in [-0.15, -0.1) is 0 Å². The molecule has 0 radical (unpaired) electrons. The topological polar surface area (TPSA) is 85.1 Å². The highest BCUT2D eigenvalue weighted by Crippen LogP contribution is 2.36. The summed E-state index contributed by atoms with van der Waals surface area (Å²) in [6, 6.07) is 6.69. The molecular weight excluding hydrogens is 338 g/mol. The second kappa shape index (κ2) is 6.60. The van der Waals surface area contributed by atoms with Crippen LogP contribution in [0.2, 0.25) is 0 Å². The minimum absolute atomic E-state index is 0.0548. The number of rotatable bonds is 4. The van der Waals surface area contributed by atoms with Gasteiger partial charge in [0.15, 0.2) is 16.7 Å². The van der Waals surface area contributed by atoms with Gasteiger partial charge in [0.2, 0.25) is 0 Å². The third-order valence-corrected chi connectivity index (χ3v) is 4.40. The Morgan fingerprint density at radius 1 is 1.16 bits per heavy atom. The number of hydrogen-bond donors (Lipinski definition) is 1. The Bertz CT molecular complexity index is 894. The second-order valence-corrected chi connectivity index (χ2v) is 7.44. The molecule has 0 aromatic carbocycles. The molecule has 0 aliphatic rings. The molecule has 3 aromatic rings. The van der Waals surface area contributed by atoms with Crippen LogP contribution in [0, 0.1) is 5.41 Å². The van der Waals surface area contributed by atoms with Crippen molar-refractivity contribution in [3.05, 3.63) is 53.4 Å². The fourth-order valence-electron chi connectivity index (χ4n) is 2.12. The molecule has 7 heteroatoms. The summed E-state index contributed by atoms with van der Waals surface area (Å²) in [5.74, 6) is 0.131. The summed E-state index contributed by atoms with van der Waals surface area (Å²) in [5.41, 5.74) is 0.341. The molecule has 3 heterocycles. The van der Waals surface area contributed by atoms with Crippen LogP contribution in [-0.4, -0.2) is 21.7 Å². The van der Waals surface area contributed by atoms with Crippen molar-refractivity contribution in [3.63, 3.8) is 0 Å². The second-order valence-electron chi connectivity index (χ2n) is 6.44. The van der Waals surface area contributed by atoms with Crippen molar-refractivity contribution in [2.24, 2.45) is 5.41 Å². The third kappa shape index (κ3) is 3.66. The smallest absolute Gasteiger partial charge is 0.257 e. The zero-order valence-corrected chi connectivity index (χ0v) is 14.9. The first-order valence-electron chi connectivity index (χ1n) is 7.67. The fourth-order valence-corrected chi connectivity index (χ4v) is 3.24. The standard InChI is InChI=1S/C18H17N3O3S/c1-18(2,3)15(22)14-13(12-5-4-10-24-12)20-17(25-14)21-16(23)11-6-8-19-9-7-11/h4-10H,1-3H3,(H,20,21,23). The van der Waals surface area contributed by atoms with Crippen LogP contribution in [0.25, 0.3) is 11.5 Å². The first kappa shape index (κ1) is 17.0. The molecule has 128 valence electrons. The number of Topliss-reactive ketones (excluding diaryl/α,β-unsaturated/α-hetero) is 1. The van der Waals surface area contributed by atoms with E-state index < -0.39 is 5.41 Å². The molecule has 0 saturated carbocycles. The van der Waals surface area contributed by atoms with E-state index in [1.54, 1.807) is 36.7 Å². The van der Waals surface area contributed by atoms with Gasteiger partial charge in [0.1, 0.15) is 10.6 Å². The van der Waals surface area contributed by atoms with Gasteiger partial charge in [-0.05, 0) is 24.3 Å². The van der Waals surface area contributed by atoms with Crippen molar-refractivity contribution in [1.82, 2.24) is 9.97 Å². The lowest BCUT2D eigenvalue weighted by molar-refractivity contribution is 0.0862. The number of amides is 1. The monoisotopic (exact) mass is 355 g/mol. The van der Waals surface area contributed by atoms with Crippen molar-refractivity contribution in [1.29, 1.82) is 0 Å². The average molecular weight is 355 g/mol. The van der Waals surface area contributed by atoms with Gasteiger partial charge < -0.3 is 4.42 Å². The molecule has 0 fully saturated rings. The molecule has 3 rings (SSSR count). The minimum atomic E-state index is -0.569. The van der Waals surface area contributed by atoms with E-state index in [0.29, 0.717) is 27.0 Å². The summed E-state index contributed by atoms with van der Waals surface area (Å²) < 4.78 is 5.40. The molecule has 1 N–H and O–H groups in total. The molecule has 3 aromatic heterocycles. The molecule has 0 atom stereocenters. The van der Waals surface area contributed by atoms with E-state index in [4.69, 9.17) is 4.42 Å². The minimum Gasteiger partial charge on any atom is -0.463 e. The Balaban J connectivity index is 1.96. The van der Waals surface area contributed by atoms with E-state index >= 15 is 0 Å². The Morgan fingerprint density at radius 3 is 2.48 bits per heavy atom. The maximum absolute atomic E-state index is 12.8. The van der Waals surface area contributed by atoms with Crippen LogP contribution >= 0.6 is 11.3 Å². The van der Waals surface area contributed by atoms with Crippen LogP contribution in [0.4, 0.5) is 5.13 Å². The lowest BCUT2D eigenvalue weighted by atomic mass is 9.89. The van der Waals surface area contributed by atoms with E-state index in [2.05, 4.69) is 15.3 Å². The van der Waals surface area contributed by atoms with Gasteiger partial charge in [-0.3, -0.25) is 19.9 Å². The summed E-state index contributed by atoms with van der Waals surface area (Å²) in [5, 5.41) is 3.08. The highest BCUT2D eigenvalue weighted by molar-refractivity contribution is 7.18. The molecule has 0 aliphatic carbocycles. The molecule has 0 aliphatic heterocycles. The van der Waals surface area contributed by atoms with Gasteiger partial charge in [-0.1, -0.05) is 32.1 Å². The Kier molecular flexibility index (Phi) is 4.50. The number of carbonyl (C=O) groups is 2. The number of nitrogens with zero attached hydrogens (tertiary/aromatic N) is 2. The quantitative estimate of drug-likeness (QED) is 0.706. The van der Waals surface area contributed by atoms with Gasteiger partial charge in [0, 0.05) is 23.4 Å². The lowest BCUT2D eigenvalue weighted by Gasteiger charge is -2.15. The van der Waals surface area contributed by atoms with E-state index in [-0.39, 0.29) is 11.7 Å². The molecule has 1 amide bonds. The highest BCUT2D eigenvalue weighted by Gasteiger charge is 2.30. The number of aromatic nitrogens is 2. The van der Waals surface area contributed by atoms with Crippen LogP contribution in [0.5, 0.6) is 0 Å². The summed E-state index contributed by atoms with van der Waals surface area (Å²) in [4.78, 5) is 33.8. The number of pyridine rings is 1. The van der Waals surface area contributed by atoms with Crippen molar-refractivity contribution < 1.29 is 14.0 Å². The molecule has 6 nitrogen and oxygen atoms in total. The van der Waals surface area contributed by atoms with Gasteiger partial charge in [-0.2, -0.15) is 0 Å². The van der Waals surface area contributed by atoms with Crippen molar-refractivity contribution >= 4 is 28.2 Å². The molecule has 0 unspecified atom stereocenters. The number of carbonyl (C=O) groups excluding carboxylic acids is 2. The van der Waals surface area contributed by atoms with Gasteiger partial charge in [-0.25, -0.2) is 4.98 Å². The molecular formula is C18H17N3O3S. The summed E-state index contributed by atoms with van der Waals surface area (Å²) in [7, 11) is 0. The maximum Gasteiger partial charge on any atom is 0.257 e. The zero-order valence-electron chi connectivity index (χ0n) is 14.1. The number of hydrogen-bond acceptors (Lipinski definition) is 6. The summed E-state index contributed by atoms with van der Waals surface area (Å²) in [6.07, 6.45) is 4.61. The third-order valence-electron chi connectivity index (χ3n) is 3.43. The van der Waals surface area contributed by atoms with Crippen LogP contribution in [0.15, 0.2) is 47.3 Å². The molecule has 25 heavy (non-hydrogen) atoms. The number of nitrogens with one attached hydrogen (secondary N) is 1. The van der Waals surface area contributed by atoms with E-state index in [1.165, 1.54) is 6.26 Å². The zero-order chi connectivity index (χ0) is 18.0. The van der Waals surface area contributed by atoms with Gasteiger partial charge in [0.05, 0.1) is 6.26 Å². The Hall–Kier alpha value is -2.80. The maximum atomic E-state index is 12.8. The lowest BCUT2D eigenvalue weighted by Crippen LogP contribution is -2.19. The van der Waals surface area contributed by atoms with Gasteiger partial charge in [0.25, 0.3) is 5.91 Å². The first-order chi connectivity index (χ1) is 11.9. The SMILES string of the molecule is CC(C)(C)C(=O)c1sc(NC(=O)c2ccncc2)nc1-c1ccco1. The van der Waals surface area contributed by atoms with Crippen LogP contribution in [-0.2, 0) is 0 Å². The number of furan rings is 1. The largest absolute Gasteiger partial charge is 0.463 e. The van der Waals surface area contributed by atoms with Gasteiger partial charge >= 0.3 is 0 Å². The average Bonchev–Trinajstić information content (AvgIpc) is 3.23. The first-order valence-corrected chi connectivity index (χ1v) is 8.49. The summed E-state index contributed by atoms with van der Waals surface area (Å²) >= 11 is 1.15. The predicted molar refractivity (Wildman–Crippen MR) is 95.8 cm³/mol. The molecule has 0 bridgehead atoms. The normalized spacial score (nSPS) is 11.3. The van der Waals surface area contributed by atoms with Crippen LogP contribution in [0.3, 0.4) is 0 Å². The van der Waals surface area contributed by atoms with E-state index in [9.17, 15) is 9.59 Å². The van der Waals surface area contributed by atoms with Crippen molar-refractivity contribution in [3.8, 4) is 11.5 Å². The number of anilines is 1. The Labute approximate surface area is 148 Å². The van der Waals surface area contributed by atoms with Crippen molar-refractivity contribution in [2.45, 2.75) is 20.8 Å². The summed E-state index contributed by atoms with van der Waals surface area (Å²) in [6.45, 7) is 5.53. The van der Waals surface area contributed by atoms with Crippen LogP contribution in [0.1, 0.15) is 40.8 Å². The number of ketones is 1. The molecule has 0 saturated heterocycles. The highest BCUT2D eigenvalue weighted by atomic mass is 32.1. The van der Waals surface area contributed by atoms with Crippen LogP contribution < -0.4 is 5.32 Å². The fraction of sp³-hybridized carbons (Fsp3) is 0.222.